The van der Waals surface area contributed by atoms with Gasteiger partial charge in [0.05, 0.1) is 5.97 Å². The summed E-state index contributed by atoms with van der Waals surface area (Å²) in [5.41, 5.74) is 0. The van der Waals surface area contributed by atoms with Gasteiger partial charge in [0.1, 0.15) is 6.10 Å². The van der Waals surface area contributed by atoms with Crippen molar-refractivity contribution in [3.05, 3.63) is 0 Å². The molecule has 0 aliphatic carbocycles. The monoisotopic (exact) mass is 450 g/mol. The van der Waals surface area contributed by atoms with Gasteiger partial charge in [-0.25, -0.2) is 4.79 Å². The summed E-state index contributed by atoms with van der Waals surface area (Å²) in [6.07, 6.45) is 16.6. The van der Waals surface area contributed by atoms with Crippen LogP contribution in [0.1, 0.15) is 124 Å². The van der Waals surface area contributed by atoms with Crippen molar-refractivity contribution in [3.8, 4) is 0 Å². The second-order valence-corrected chi connectivity index (χ2v) is 8.23. The molecule has 0 saturated carbocycles. The molecular formula is C24H43NaO6. The van der Waals surface area contributed by atoms with E-state index in [0.29, 0.717) is 0 Å². The molecule has 0 aromatic heterocycles. The standard InChI is InChI=1S/C24H44O6.Na/c1-4-5-6-7-8-9-10-11-12-13-14-15-16-17-18-19-22(25)29-21(3)24(28)30-20(2)23(26)27;/h20-21H,4-19H2,1-3H3,(H,26,27);/q;+1/p-1. The quantitative estimate of drug-likeness (QED) is 0.160. The Bertz CT molecular complexity index is 469. The minimum absolute atomic E-state index is 0. The van der Waals surface area contributed by atoms with Crippen LogP contribution in [-0.2, 0) is 23.9 Å². The van der Waals surface area contributed by atoms with Gasteiger partial charge in [0.15, 0.2) is 6.10 Å². The Kier molecular flexibility index (Phi) is 23.8. The molecule has 7 heteroatoms. The summed E-state index contributed by atoms with van der Waals surface area (Å²) in [6, 6.07) is 0. The van der Waals surface area contributed by atoms with Gasteiger partial charge >= 0.3 is 41.5 Å². The number of unbranched alkanes of at least 4 members (excludes halogenated alkanes) is 14. The normalized spacial score (nSPS) is 12.5. The number of carboxylic acid groups (broad SMARTS) is 1. The number of hydrogen-bond acceptors (Lipinski definition) is 6. The van der Waals surface area contributed by atoms with Crippen molar-refractivity contribution in [3.63, 3.8) is 0 Å². The fraction of sp³-hybridized carbons (Fsp3) is 0.875. The molecule has 0 aliphatic rings. The molecule has 0 aromatic carbocycles. The maximum atomic E-state index is 11.8. The van der Waals surface area contributed by atoms with Gasteiger partial charge in [0.25, 0.3) is 0 Å². The summed E-state index contributed by atoms with van der Waals surface area (Å²) in [5, 5.41) is 10.6. The Hall–Kier alpha value is -0.590. The molecule has 0 aliphatic heterocycles. The topological polar surface area (TPSA) is 92.7 Å². The molecule has 0 N–H and O–H groups in total. The first kappa shape index (κ1) is 32.6. The number of esters is 2. The van der Waals surface area contributed by atoms with E-state index in [-0.39, 0.29) is 36.0 Å². The minimum atomic E-state index is -1.49. The van der Waals surface area contributed by atoms with E-state index in [4.69, 9.17) is 4.74 Å². The maximum Gasteiger partial charge on any atom is 1.00 e. The zero-order valence-electron chi connectivity index (χ0n) is 20.4. The fourth-order valence-corrected chi connectivity index (χ4v) is 3.26. The molecule has 0 rings (SSSR count). The van der Waals surface area contributed by atoms with Gasteiger partial charge in [-0.2, -0.15) is 0 Å². The van der Waals surface area contributed by atoms with Crippen molar-refractivity contribution in [2.75, 3.05) is 0 Å². The van der Waals surface area contributed by atoms with Gasteiger partial charge < -0.3 is 19.4 Å². The zero-order valence-corrected chi connectivity index (χ0v) is 22.4. The van der Waals surface area contributed by atoms with Gasteiger partial charge in [0, 0.05) is 6.42 Å². The molecule has 0 bridgehead atoms. The maximum absolute atomic E-state index is 11.8. The van der Waals surface area contributed by atoms with Crippen LogP contribution in [0.4, 0.5) is 0 Å². The Morgan fingerprint density at radius 1 is 0.645 bits per heavy atom. The molecule has 0 heterocycles. The van der Waals surface area contributed by atoms with Crippen molar-refractivity contribution in [1.82, 2.24) is 0 Å². The minimum Gasteiger partial charge on any atom is -0.546 e. The van der Waals surface area contributed by atoms with Gasteiger partial charge in [0.2, 0.25) is 0 Å². The van der Waals surface area contributed by atoms with Gasteiger partial charge in [-0.1, -0.05) is 96.8 Å². The average Bonchev–Trinajstić information content (AvgIpc) is 2.70. The molecule has 0 spiro atoms. The van der Waals surface area contributed by atoms with Crippen molar-refractivity contribution >= 4 is 17.9 Å². The third-order valence-electron chi connectivity index (χ3n) is 5.25. The first-order valence-corrected chi connectivity index (χ1v) is 12.0. The molecular weight excluding hydrogens is 407 g/mol. The molecule has 0 saturated heterocycles. The van der Waals surface area contributed by atoms with Crippen molar-refractivity contribution in [1.29, 1.82) is 0 Å². The second-order valence-electron chi connectivity index (χ2n) is 8.23. The first-order chi connectivity index (χ1) is 14.4. The van der Waals surface area contributed by atoms with Gasteiger partial charge in [-0.3, -0.25) is 4.79 Å². The van der Waals surface area contributed by atoms with E-state index in [0.717, 1.165) is 19.3 Å². The number of aliphatic carboxylic acids is 1. The van der Waals surface area contributed by atoms with E-state index in [1.807, 2.05) is 0 Å². The van der Waals surface area contributed by atoms with Crippen LogP contribution in [0.3, 0.4) is 0 Å². The van der Waals surface area contributed by atoms with Crippen LogP contribution in [0.2, 0.25) is 0 Å². The predicted molar refractivity (Wildman–Crippen MR) is 116 cm³/mol. The van der Waals surface area contributed by atoms with Crippen LogP contribution in [0.25, 0.3) is 0 Å². The number of rotatable bonds is 20. The van der Waals surface area contributed by atoms with E-state index in [2.05, 4.69) is 11.7 Å². The Balaban J connectivity index is 0. The van der Waals surface area contributed by atoms with Crippen LogP contribution >= 0.6 is 0 Å². The van der Waals surface area contributed by atoms with Crippen molar-refractivity contribution < 1.29 is 58.5 Å². The molecule has 6 nitrogen and oxygen atoms in total. The molecule has 31 heavy (non-hydrogen) atoms. The van der Waals surface area contributed by atoms with E-state index >= 15 is 0 Å². The third-order valence-corrected chi connectivity index (χ3v) is 5.25. The summed E-state index contributed by atoms with van der Waals surface area (Å²) in [4.78, 5) is 33.9. The molecule has 2 unspecified atom stereocenters. The molecule has 2 atom stereocenters. The summed E-state index contributed by atoms with van der Waals surface area (Å²) in [6.45, 7) is 4.81. The Morgan fingerprint density at radius 2 is 1.03 bits per heavy atom. The van der Waals surface area contributed by atoms with Crippen LogP contribution in [0, 0.1) is 0 Å². The van der Waals surface area contributed by atoms with Crippen LogP contribution in [0.5, 0.6) is 0 Å². The number of carboxylic acids is 1. The van der Waals surface area contributed by atoms with E-state index < -0.39 is 30.1 Å². The summed E-state index contributed by atoms with van der Waals surface area (Å²) in [7, 11) is 0. The van der Waals surface area contributed by atoms with Gasteiger partial charge in [-0.05, 0) is 20.3 Å². The molecule has 0 fully saturated rings. The van der Waals surface area contributed by atoms with E-state index in [1.165, 1.54) is 90.9 Å². The van der Waals surface area contributed by atoms with Gasteiger partial charge in [-0.15, -0.1) is 0 Å². The number of ether oxygens (including phenoxy) is 2. The third kappa shape index (κ3) is 21.0. The predicted octanol–water partition coefficient (Wildman–Crippen LogP) is 1.87. The summed E-state index contributed by atoms with van der Waals surface area (Å²) < 4.78 is 9.61. The average molecular weight is 451 g/mol. The fourth-order valence-electron chi connectivity index (χ4n) is 3.26. The molecule has 0 radical (unpaired) electrons. The van der Waals surface area contributed by atoms with Crippen LogP contribution in [0.15, 0.2) is 0 Å². The summed E-state index contributed by atoms with van der Waals surface area (Å²) in [5.74, 6) is -2.83. The molecule has 0 amide bonds. The van der Waals surface area contributed by atoms with E-state index in [1.54, 1.807) is 0 Å². The second kappa shape index (κ2) is 22.6. The van der Waals surface area contributed by atoms with Crippen LogP contribution < -0.4 is 34.7 Å². The zero-order chi connectivity index (χ0) is 22.6. The largest absolute Gasteiger partial charge is 1.00 e. The number of hydrogen-bond donors (Lipinski definition) is 0. The van der Waals surface area contributed by atoms with Crippen LogP contribution in [-0.4, -0.2) is 30.1 Å². The Morgan fingerprint density at radius 3 is 1.42 bits per heavy atom. The summed E-state index contributed by atoms with van der Waals surface area (Å²) >= 11 is 0. The number of carbonyl (C=O) groups excluding carboxylic acids is 3. The Labute approximate surface area is 211 Å². The van der Waals surface area contributed by atoms with E-state index in [9.17, 15) is 19.5 Å². The smallest absolute Gasteiger partial charge is 0.546 e. The van der Waals surface area contributed by atoms with Crippen molar-refractivity contribution in [2.24, 2.45) is 0 Å². The SMILES string of the molecule is CCCCCCCCCCCCCCCCCC(=O)OC(C)C(=O)OC(C)C(=O)[O-].[Na+]. The molecule has 176 valence electrons. The van der Waals surface area contributed by atoms with Crippen molar-refractivity contribution in [2.45, 2.75) is 136 Å². The number of carbonyl (C=O) groups is 3. The first-order valence-electron chi connectivity index (χ1n) is 12.0. The molecule has 0 aromatic rings.